The number of hydrogen-bond donors (Lipinski definition) is 0. The van der Waals surface area contributed by atoms with E-state index in [2.05, 4.69) is 203 Å². The number of hydrogen-bond acceptors (Lipinski definition) is 1. The molecule has 0 fully saturated rings. The van der Waals surface area contributed by atoms with Gasteiger partial charge in [-0.1, -0.05) is 158 Å². The highest BCUT2D eigenvalue weighted by molar-refractivity contribution is 6.21. The van der Waals surface area contributed by atoms with Gasteiger partial charge in [0.2, 0.25) is 0 Å². The summed E-state index contributed by atoms with van der Waals surface area (Å²) in [5, 5.41) is 5.02. The van der Waals surface area contributed by atoms with Crippen molar-refractivity contribution in [3.63, 3.8) is 0 Å². The molecule has 0 bridgehead atoms. The van der Waals surface area contributed by atoms with Crippen molar-refractivity contribution >= 4 is 43.6 Å². The Bertz CT molecular complexity index is 3070. The van der Waals surface area contributed by atoms with Gasteiger partial charge in [-0.05, 0) is 93.4 Å². The number of fused-ring (bicyclic) bond motifs is 10. The van der Waals surface area contributed by atoms with Gasteiger partial charge >= 0.3 is 0 Å². The van der Waals surface area contributed by atoms with Crippen LogP contribution in [0.2, 0.25) is 0 Å². The van der Waals surface area contributed by atoms with E-state index >= 15 is 0 Å². The van der Waals surface area contributed by atoms with Crippen LogP contribution in [0.15, 0.2) is 194 Å². The molecule has 0 radical (unpaired) electrons. The van der Waals surface area contributed by atoms with Gasteiger partial charge in [-0.15, -0.1) is 0 Å². The number of nitrogens with zero attached hydrogens (tertiary/aromatic N) is 3. The molecule has 3 heteroatoms. The second-order valence-electron chi connectivity index (χ2n) is 14.7. The Morgan fingerprint density at radius 3 is 2.07 bits per heavy atom. The first kappa shape index (κ1) is 31.5. The number of rotatable bonds is 6. The highest BCUT2D eigenvalue weighted by atomic mass is 15.2. The summed E-state index contributed by atoms with van der Waals surface area (Å²) in [4.78, 5) is 5.25. The number of benzene rings is 8. The van der Waals surface area contributed by atoms with Crippen molar-refractivity contribution < 1.29 is 0 Å². The minimum absolute atomic E-state index is 0.271. The maximum atomic E-state index is 5.25. The topological polar surface area (TPSA) is 22.8 Å². The van der Waals surface area contributed by atoms with Crippen molar-refractivity contribution in [1.29, 1.82) is 0 Å². The minimum Gasteiger partial charge on any atom is -0.295 e. The van der Waals surface area contributed by atoms with Crippen LogP contribution < -0.4 is 0 Å². The van der Waals surface area contributed by atoms with Gasteiger partial charge in [0.25, 0.3) is 0 Å². The highest BCUT2D eigenvalue weighted by Gasteiger charge is 2.25. The van der Waals surface area contributed by atoms with Gasteiger partial charge < -0.3 is 0 Å². The third kappa shape index (κ3) is 5.23. The van der Waals surface area contributed by atoms with Crippen LogP contribution in [0.1, 0.15) is 28.2 Å². The average Bonchev–Trinajstić information content (AvgIpc) is 3.75. The summed E-state index contributed by atoms with van der Waals surface area (Å²) < 4.78 is 4.85. The molecular formula is C52H37N3. The summed E-state index contributed by atoms with van der Waals surface area (Å²) >= 11 is 0. The van der Waals surface area contributed by atoms with Crippen molar-refractivity contribution in [1.82, 2.24) is 14.1 Å². The summed E-state index contributed by atoms with van der Waals surface area (Å²) in [5.74, 6) is 2.36. The molecule has 1 aliphatic rings. The van der Waals surface area contributed by atoms with E-state index in [0.29, 0.717) is 0 Å². The molecule has 0 unspecified atom stereocenters. The molecule has 3 heterocycles. The number of imidazole rings is 1. The van der Waals surface area contributed by atoms with Crippen molar-refractivity contribution in [2.75, 3.05) is 0 Å². The third-order valence-electron chi connectivity index (χ3n) is 11.6. The van der Waals surface area contributed by atoms with E-state index in [0.717, 1.165) is 35.5 Å². The lowest BCUT2D eigenvalue weighted by atomic mass is 9.85. The van der Waals surface area contributed by atoms with E-state index in [9.17, 15) is 0 Å². The zero-order valence-corrected chi connectivity index (χ0v) is 30.3. The maximum Gasteiger partial charge on any atom is 0.147 e. The fraction of sp³-hybridized carbons (Fsp3) is 0.0577. The fourth-order valence-electron chi connectivity index (χ4n) is 8.93. The van der Waals surface area contributed by atoms with Crippen LogP contribution in [0.3, 0.4) is 0 Å². The Labute approximate surface area is 320 Å². The quantitative estimate of drug-likeness (QED) is 0.169. The smallest absolute Gasteiger partial charge is 0.147 e. The third-order valence-corrected chi connectivity index (χ3v) is 11.6. The zero-order chi connectivity index (χ0) is 36.3. The van der Waals surface area contributed by atoms with Crippen LogP contribution in [-0.2, 0) is 12.8 Å². The monoisotopic (exact) mass is 703 g/mol. The zero-order valence-electron chi connectivity index (χ0n) is 30.3. The van der Waals surface area contributed by atoms with Gasteiger partial charge in [0.15, 0.2) is 0 Å². The molecule has 0 saturated heterocycles. The van der Waals surface area contributed by atoms with E-state index in [1.54, 1.807) is 0 Å². The summed E-state index contributed by atoms with van der Waals surface area (Å²) in [5.41, 5.74) is 13.4. The predicted octanol–water partition coefficient (Wildman–Crippen LogP) is 12.7. The van der Waals surface area contributed by atoms with Gasteiger partial charge in [-0.3, -0.25) is 9.13 Å². The number of allylic oxidation sites excluding steroid dienone is 1. The van der Waals surface area contributed by atoms with Crippen molar-refractivity contribution in [3.05, 3.63) is 222 Å². The first-order valence-electron chi connectivity index (χ1n) is 19.2. The Morgan fingerprint density at radius 2 is 1.20 bits per heavy atom. The normalized spacial score (nSPS) is 13.1. The van der Waals surface area contributed by atoms with Crippen LogP contribution in [-0.4, -0.2) is 14.1 Å². The van der Waals surface area contributed by atoms with Crippen molar-refractivity contribution in [2.45, 2.75) is 18.8 Å². The Kier molecular flexibility index (Phi) is 7.38. The van der Waals surface area contributed by atoms with E-state index in [1.165, 1.54) is 71.5 Å². The SMILES string of the molecule is C1=C(n2c3ccc(-c4ccc([C@H](Cc5ccccc5)c5ccccc5)cc4)cc3c3c4ccccc4ccc32)n2c(nc3ccccc32)-c2ccccc2C1. The van der Waals surface area contributed by atoms with Gasteiger partial charge in [0.05, 0.1) is 22.1 Å². The lowest BCUT2D eigenvalue weighted by Crippen LogP contribution is -2.12. The molecule has 1 atom stereocenters. The molecule has 0 N–H and O–H groups in total. The van der Waals surface area contributed by atoms with Crippen molar-refractivity contribution in [3.8, 4) is 22.5 Å². The predicted molar refractivity (Wildman–Crippen MR) is 228 cm³/mol. The van der Waals surface area contributed by atoms with Crippen LogP contribution in [0.25, 0.3) is 66.1 Å². The van der Waals surface area contributed by atoms with Crippen molar-refractivity contribution in [2.24, 2.45) is 0 Å². The number of aromatic nitrogens is 3. The summed E-state index contributed by atoms with van der Waals surface area (Å²) in [6, 6.07) is 68.7. The van der Waals surface area contributed by atoms with E-state index < -0.39 is 0 Å². The summed E-state index contributed by atoms with van der Waals surface area (Å²) in [6.45, 7) is 0. The van der Waals surface area contributed by atoms with E-state index in [4.69, 9.17) is 4.98 Å². The maximum absolute atomic E-state index is 5.25. The second-order valence-corrected chi connectivity index (χ2v) is 14.7. The van der Waals surface area contributed by atoms with Crippen LogP contribution in [0, 0.1) is 5.82 Å². The van der Waals surface area contributed by atoms with Crippen LogP contribution in [0.4, 0.5) is 0 Å². The van der Waals surface area contributed by atoms with Gasteiger partial charge in [0, 0.05) is 22.3 Å². The molecule has 8 aromatic carbocycles. The first-order chi connectivity index (χ1) is 27.3. The minimum atomic E-state index is 0.271. The average molecular weight is 704 g/mol. The molecule has 55 heavy (non-hydrogen) atoms. The van der Waals surface area contributed by atoms with Crippen LogP contribution >= 0.6 is 0 Å². The molecule has 11 rings (SSSR count). The molecule has 0 aliphatic carbocycles. The summed E-state index contributed by atoms with van der Waals surface area (Å²) in [6.07, 6.45) is 4.16. The van der Waals surface area contributed by atoms with Gasteiger partial charge in [-0.25, -0.2) is 4.98 Å². The molecule has 1 aliphatic heterocycles. The van der Waals surface area contributed by atoms with Gasteiger partial charge in [-0.2, -0.15) is 0 Å². The fourth-order valence-corrected chi connectivity index (χ4v) is 8.93. The second kappa shape index (κ2) is 12.9. The molecule has 0 saturated carbocycles. The highest BCUT2D eigenvalue weighted by Crippen LogP contribution is 2.41. The molecule has 2 aromatic heterocycles. The lowest BCUT2D eigenvalue weighted by molar-refractivity contribution is 0.805. The van der Waals surface area contributed by atoms with Crippen LogP contribution in [0.5, 0.6) is 0 Å². The summed E-state index contributed by atoms with van der Waals surface area (Å²) in [7, 11) is 0. The molecule has 0 amide bonds. The standard InChI is InChI=1S/C52H37N3/c1-3-13-35(14-4-1)33-44(37-15-5-2-6-16-37)40-25-23-36(24-26-40)41-28-30-47-45(34-41)51-42-19-9-7-17-38(42)27-31-49(51)54(47)50-32-29-39-18-8-10-20-43(39)52-53-46-21-11-12-22-48(46)55(50)52/h1-28,30-32,34,44H,29,33H2/t44-/m1/s1. The van der Waals surface area contributed by atoms with Gasteiger partial charge in [0.1, 0.15) is 11.6 Å². The Balaban J connectivity index is 1.09. The Hall–Kier alpha value is -6.97. The van der Waals surface area contributed by atoms with E-state index in [-0.39, 0.29) is 5.92 Å². The first-order valence-corrected chi connectivity index (χ1v) is 19.2. The lowest BCUT2D eigenvalue weighted by Gasteiger charge is -2.19. The molecule has 10 aromatic rings. The molecule has 0 spiro atoms. The largest absolute Gasteiger partial charge is 0.295 e. The Morgan fingerprint density at radius 1 is 0.509 bits per heavy atom. The van der Waals surface area contributed by atoms with E-state index in [1.807, 2.05) is 0 Å². The molecule has 260 valence electrons. The molecular weight excluding hydrogens is 667 g/mol. The number of para-hydroxylation sites is 2. The molecule has 3 nitrogen and oxygen atoms in total.